The van der Waals surface area contributed by atoms with Crippen LogP contribution in [0.4, 0.5) is 8.78 Å². The van der Waals surface area contributed by atoms with E-state index in [0.717, 1.165) is 43.6 Å². The molecule has 2 saturated heterocycles. The number of alkyl halides is 2. The Hall–Kier alpha value is -0.0300. The second kappa shape index (κ2) is 8.77. The van der Waals surface area contributed by atoms with E-state index in [0.29, 0.717) is 31.0 Å². The molecule has 2 atom stereocenters. The normalized spacial score (nSPS) is 44.0. The summed E-state index contributed by atoms with van der Waals surface area (Å²) in [6.45, 7) is 0.206. The summed E-state index contributed by atoms with van der Waals surface area (Å²) in [5.74, 6) is 0.817. The minimum atomic E-state index is -5.89. The quantitative estimate of drug-likeness (QED) is 0.290. The first kappa shape index (κ1) is 25.6. The average Bonchev–Trinajstić information content (AvgIpc) is 2.77. The zero-order valence-electron chi connectivity index (χ0n) is 18.1. The number of carbonyl (C=O) groups is 1. The molecule has 2 aliphatic heterocycles. The predicted octanol–water partition coefficient (Wildman–Crippen LogP) is 2.39. The molecule has 6 rings (SSSR count). The molecule has 6 fully saturated rings. The first-order valence-corrected chi connectivity index (χ1v) is 15.4. The second-order valence-corrected chi connectivity index (χ2v) is 15.1. The van der Waals surface area contributed by atoms with Crippen molar-refractivity contribution in [3.05, 3.63) is 0 Å². The van der Waals surface area contributed by atoms with Crippen LogP contribution in [-0.4, -0.2) is 76.0 Å². The molecule has 34 heavy (non-hydrogen) atoms. The fraction of sp³-hybridized carbons (Fsp3) is 0.947. The predicted molar refractivity (Wildman–Crippen MR) is 120 cm³/mol. The van der Waals surface area contributed by atoms with E-state index in [4.69, 9.17) is 17.7 Å². The van der Waals surface area contributed by atoms with Crippen LogP contribution in [0.15, 0.2) is 0 Å². The third-order valence-electron chi connectivity index (χ3n) is 7.69. The SMILES string of the molecule is O=C(OCCOC12CC3CC(C1)C1(SCC4(COS(=O)OC4)CS1)C(C3)C2)C(F)(F)S(=O)(=O)O. The zero-order valence-corrected chi connectivity index (χ0v) is 21.4. The summed E-state index contributed by atoms with van der Waals surface area (Å²) in [7, 11) is -5.89. The highest BCUT2D eigenvalue weighted by Crippen LogP contribution is 2.70. The van der Waals surface area contributed by atoms with Crippen molar-refractivity contribution in [3.63, 3.8) is 0 Å². The van der Waals surface area contributed by atoms with Gasteiger partial charge in [0.15, 0.2) is 0 Å². The van der Waals surface area contributed by atoms with Crippen LogP contribution in [0.5, 0.6) is 0 Å². The van der Waals surface area contributed by atoms with E-state index in [2.05, 4.69) is 4.74 Å². The summed E-state index contributed by atoms with van der Waals surface area (Å²) in [5.41, 5.74) is -0.532. The van der Waals surface area contributed by atoms with Crippen molar-refractivity contribution in [1.29, 1.82) is 0 Å². The lowest BCUT2D eigenvalue weighted by atomic mass is 9.53. The third-order valence-corrected chi connectivity index (χ3v) is 13.6. The lowest BCUT2D eigenvalue weighted by Gasteiger charge is -2.66. The number of ether oxygens (including phenoxy) is 2. The first-order chi connectivity index (χ1) is 15.9. The highest BCUT2D eigenvalue weighted by atomic mass is 32.2. The minimum absolute atomic E-state index is 0.0790. The molecule has 6 aliphatic rings. The van der Waals surface area contributed by atoms with Gasteiger partial charge in [-0.25, -0.2) is 4.79 Å². The molecule has 0 aromatic carbocycles. The van der Waals surface area contributed by atoms with E-state index in [1.165, 1.54) is 0 Å². The molecule has 194 valence electrons. The summed E-state index contributed by atoms with van der Waals surface area (Å²) in [6.07, 6.45) is 4.76. The third kappa shape index (κ3) is 4.35. The summed E-state index contributed by atoms with van der Waals surface area (Å²) in [6, 6.07) is 0. The van der Waals surface area contributed by atoms with Crippen LogP contribution >= 0.6 is 23.5 Å². The van der Waals surface area contributed by atoms with Gasteiger partial charge in [-0.15, -0.1) is 23.5 Å². The molecule has 9 nitrogen and oxygen atoms in total. The number of esters is 1. The number of carbonyl (C=O) groups excluding carboxylic acids is 1. The summed E-state index contributed by atoms with van der Waals surface area (Å²) >= 11 is 2.26. The highest BCUT2D eigenvalue weighted by Gasteiger charge is 2.65. The van der Waals surface area contributed by atoms with Gasteiger partial charge in [0.25, 0.3) is 0 Å². The molecule has 0 amide bonds. The molecule has 1 N–H and O–H groups in total. The zero-order chi connectivity index (χ0) is 24.4. The smallest absolute Gasteiger partial charge is 0.458 e. The van der Waals surface area contributed by atoms with Crippen molar-refractivity contribution in [2.24, 2.45) is 23.2 Å². The standard InChI is InChI=1S/C19H26F2O9S4/c20-19(21,34(24,25)26)15(22)27-1-2-28-17-5-12-3-13(6-17)18(14(4-12)7-17)31-10-16(11-32-18)8-29-33(23)30-9-16/h12-14H,1-11H2,(H,24,25,26). The molecule has 4 saturated carbocycles. The first-order valence-electron chi connectivity index (χ1n) is 11.0. The van der Waals surface area contributed by atoms with Crippen molar-refractivity contribution in [3.8, 4) is 0 Å². The fourth-order valence-corrected chi connectivity index (χ4v) is 11.4. The maximum absolute atomic E-state index is 13.3. The van der Waals surface area contributed by atoms with Gasteiger partial charge in [0, 0.05) is 16.9 Å². The number of halogens is 2. The Morgan fingerprint density at radius 2 is 1.68 bits per heavy atom. The molecular formula is C19H26F2O9S4. The number of hydrogen-bond donors (Lipinski definition) is 1. The molecule has 15 heteroatoms. The van der Waals surface area contributed by atoms with E-state index >= 15 is 0 Å². The van der Waals surface area contributed by atoms with Crippen LogP contribution in [-0.2, 0) is 44.1 Å². The van der Waals surface area contributed by atoms with Crippen molar-refractivity contribution in [2.45, 2.75) is 47.0 Å². The van der Waals surface area contributed by atoms with Gasteiger partial charge in [0.2, 0.25) is 0 Å². The van der Waals surface area contributed by atoms with Crippen LogP contribution in [0.2, 0.25) is 0 Å². The molecule has 2 unspecified atom stereocenters. The Morgan fingerprint density at radius 1 is 1.09 bits per heavy atom. The Balaban J connectivity index is 1.18. The molecule has 0 aromatic heterocycles. The number of thioether (sulfide) groups is 2. The van der Waals surface area contributed by atoms with Gasteiger partial charge >= 0.3 is 32.7 Å². The summed E-state index contributed by atoms with van der Waals surface area (Å²) in [4.78, 5) is 11.4. The van der Waals surface area contributed by atoms with E-state index in [9.17, 15) is 26.2 Å². The molecule has 4 aliphatic carbocycles. The largest absolute Gasteiger partial charge is 0.465 e. The molecule has 0 radical (unpaired) electrons. The van der Waals surface area contributed by atoms with Crippen molar-refractivity contribution in [1.82, 2.24) is 0 Å². The Morgan fingerprint density at radius 3 is 2.24 bits per heavy atom. The highest BCUT2D eigenvalue weighted by molar-refractivity contribution is 8.18. The van der Waals surface area contributed by atoms with E-state index in [1.54, 1.807) is 0 Å². The van der Waals surface area contributed by atoms with Crippen molar-refractivity contribution < 1.29 is 48.6 Å². The maximum atomic E-state index is 13.3. The van der Waals surface area contributed by atoms with Gasteiger partial charge in [-0.1, -0.05) is 0 Å². The molecule has 2 heterocycles. The van der Waals surface area contributed by atoms with Gasteiger partial charge in [-0.2, -0.15) is 21.4 Å². The Bertz CT molecular complexity index is 937. The second-order valence-electron chi connectivity index (χ2n) is 10.0. The Kier molecular flexibility index (Phi) is 6.61. The number of rotatable bonds is 6. The fourth-order valence-electron chi connectivity index (χ4n) is 6.29. The lowest BCUT2D eigenvalue weighted by molar-refractivity contribution is -0.180. The summed E-state index contributed by atoms with van der Waals surface area (Å²) in [5, 5.41) is -5.00. The van der Waals surface area contributed by atoms with Gasteiger partial charge in [-0.05, 0) is 49.9 Å². The average molecular weight is 565 g/mol. The molecular weight excluding hydrogens is 538 g/mol. The van der Waals surface area contributed by atoms with Crippen molar-refractivity contribution in [2.75, 3.05) is 37.9 Å². The van der Waals surface area contributed by atoms with Gasteiger partial charge in [0.1, 0.15) is 6.61 Å². The minimum Gasteiger partial charge on any atom is -0.458 e. The van der Waals surface area contributed by atoms with Crippen LogP contribution in [0, 0.1) is 23.2 Å². The lowest BCUT2D eigenvalue weighted by Crippen LogP contribution is -2.63. The maximum Gasteiger partial charge on any atom is 0.465 e. The van der Waals surface area contributed by atoms with Crippen LogP contribution in [0.25, 0.3) is 0 Å². The summed E-state index contributed by atoms with van der Waals surface area (Å²) < 4.78 is 89.0. The topological polar surface area (TPSA) is 125 Å². The van der Waals surface area contributed by atoms with Crippen LogP contribution in [0.3, 0.4) is 0 Å². The van der Waals surface area contributed by atoms with Gasteiger partial charge < -0.3 is 9.47 Å². The Labute approximate surface area is 207 Å². The van der Waals surface area contributed by atoms with Gasteiger partial charge in [0.05, 0.1) is 29.5 Å². The molecule has 2 spiro atoms. The van der Waals surface area contributed by atoms with E-state index < -0.39 is 44.9 Å². The molecule has 0 aromatic rings. The van der Waals surface area contributed by atoms with Crippen LogP contribution < -0.4 is 0 Å². The molecule has 4 bridgehead atoms. The van der Waals surface area contributed by atoms with Crippen LogP contribution in [0.1, 0.15) is 32.1 Å². The van der Waals surface area contributed by atoms with E-state index in [1.807, 2.05) is 23.5 Å². The van der Waals surface area contributed by atoms with Gasteiger partial charge in [-0.3, -0.25) is 12.9 Å². The monoisotopic (exact) mass is 564 g/mol. The van der Waals surface area contributed by atoms with E-state index in [-0.39, 0.29) is 16.1 Å². The van der Waals surface area contributed by atoms with Crippen molar-refractivity contribution >= 4 is 51.0 Å². The number of hydrogen-bond acceptors (Lipinski definition) is 10.